The molecule has 1 aromatic rings. The molecule has 1 aliphatic heterocycles. The Balaban J connectivity index is 2.04. The van der Waals surface area contributed by atoms with E-state index in [0.29, 0.717) is 25.3 Å². The molecule has 0 aliphatic carbocycles. The molecule has 22 heavy (non-hydrogen) atoms. The molecule has 5 nitrogen and oxygen atoms in total. The molecule has 0 aromatic carbocycles. The molecular weight excluding hydrogens is 321 g/mol. The van der Waals surface area contributed by atoms with Crippen LogP contribution < -0.4 is 4.90 Å². The van der Waals surface area contributed by atoms with Crippen molar-refractivity contribution in [1.82, 2.24) is 4.98 Å². The summed E-state index contributed by atoms with van der Waals surface area (Å²) in [5.74, 6) is 0.366. The maximum Gasteiger partial charge on any atom is 0.417 e. The lowest BCUT2D eigenvalue weighted by molar-refractivity contribution is -0.137. The van der Waals surface area contributed by atoms with Crippen molar-refractivity contribution in [1.29, 1.82) is 0 Å². The first-order valence-electron chi connectivity index (χ1n) is 6.73. The van der Waals surface area contributed by atoms with Crippen molar-refractivity contribution in [3.63, 3.8) is 0 Å². The van der Waals surface area contributed by atoms with Crippen LogP contribution in [0.1, 0.15) is 18.9 Å². The van der Waals surface area contributed by atoms with Gasteiger partial charge in [-0.25, -0.2) is 4.98 Å². The molecule has 0 radical (unpaired) electrons. The smallest absolute Gasteiger partial charge is 0.356 e. The number of pyridine rings is 1. The second kappa shape index (κ2) is 6.04. The molecule has 0 bridgehead atoms. The van der Waals surface area contributed by atoms with Crippen molar-refractivity contribution >= 4 is 15.9 Å². The van der Waals surface area contributed by atoms with Gasteiger partial charge in [0.15, 0.2) is 0 Å². The van der Waals surface area contributed by atoms with E-state index in [1.165, 1.54) is 6.07 Å². The summed E-state index contributed by atoms with van der Waals surface area (Å²) >= 11 is 0. The summed E-state index contributed by atoms with van der Waals surface area (Å²) in [6.07, 6.45) is -2.55. The minimum Gasteiger partial charge on any atom is -0.356 e. The monoisotopic (exact) mass is 338 g/mol. The van der Waals surface area contributed by atoms with Crippen LogP contribution in [-0.2, 0) is 20.5 Å². The molecule has 124 valence electrons. The first-order chi connectivity index (χ1) is 10.1. The molecule has 1 fully saturated rings. The van der Waals surface area contributed by atoms with Crippen molar-refractivity contribution < 1.29 is 25.8 Å². The molecule has 0 unspecified atom stereocenters. The van der Waals surface area contributed by atoms with Gasteiger partial charge in [0.1, 0.15) is 5.82 Å². The fourth-order valence-electron chi connectivity index (χ4n) is 2.44. The molecule has 2 rings (SSSR count). The third kappa shape index (κ3) is 4.33. The summed E-state index contributed by atoms with van der Waals surface area (Å²) in [4.78, 5) is 5.68. The molecule has 9 heteroatoms. The lowest BCUT2D eigenvalue weighted by atomic mass is 9.97. The summed E-state index contributed by atoms with van der Waals surface area (Å²) < 4.78 is 64.9. The zero-order valence-corrected chi connectivity index (χ0v) is 13.0. The minimum atomic E-state index is -4.41. The average Bonchev–Trinajstić information content (AvgIpc) is 2.39. The van der Waals surface area contributed by atoms with Crippen LogP contribution in [-0.4, -0.2) is 38.9 Å². The molecular formula is C13H17F3N2O3S. The standard InChI is InChI=1S/C13H17F3N2O3S/c1-9-8-18(6-5-11(9)21-22(2,19)20)12-4-3-10(7-17-12)13(14,15)16/h3-4,7,9,11H,5-6,8H2,1-2H3/t9-,11+/m1/s1. The summed E-state index contributed by atoms with van der Waals surface area (Å²) in [7, 11) is -3.52. The quantitative estimate of drug-likeness (QED) is 0.792. The highest BCUT2D eigenvalue weighted by atomic mass is 32.2. The molecule has 1 saturated heterocycles. The Morgan fingerprint density at radius 3 is 2.50 bits per heavy atom. The predicted molar refractivity (Wildman–Crippen MR) is 74.9 cm³/mol. The second-order valence-corrected chi connectivity index (χ2v) is 7.05. The van der Waals surface area contributed by atoms with Crippen LogP contribution in [0.4, 0.5) is 19.0 Å². The molecule has 0 N–H and O–H groups in total. The molecule has 0 spiro atoms. The zero-order chi connectivity index (χ0) is 16.5. The number of anilines is 1. The average molecular weight is 338 g/mol. The largest absolute Gasteiger partial charge is 0.417 e. The number of rotatable bonds is 3. The Morgan fingerprint density at radius 2 is 2.05 bits per heavy atom. The van der Waals surface area contributed by atoms with Gasteiger partial charge in [0.2, 0.25) is 0 Å². The van der Waals surface area contributed by atoms with Crippen LogP contribution in [0, 0.1) is 5.92 Å². The highest BCUT2D eigenvalue weighted by Gasteiger charge is 2.32. The van der Waals surface area contributed by atoms with Gasteiger partial charge in [0.25, 0.3) is 10.1 Å². The number of hydrogen-bond donors (Lipinski definition) is 0. The van der Waals surface area contributed by atoms with Crippen molar-refractivity contribution in [3.8, 4) is 0 Å². The molecule has 2 heterocycles. The highest BCUT2D eigenvalue weighted by molar-refractivity contribution is 7.86. The van der Waals surface area contributed by atoms with Crippen LogP contribution in [0.5, 0.6) is 0 Å². The summed E-state index contributed by atoms with van der Waals surface area (Å²) in [5.41, 5.74) is -0.792. The van der Waals surface area contributed by atoms with Crippen molar-refractivity contribution in [2.75, 3.05) is 24.2 Å². The Hall–Kier alpha value is -1.35. The minimum absolute atomic E-state index is 0.0763. The summed E-state index contributed by atoms with van der Waals surface area (Å²) in [6, 6.07) is 2.32. The summed E-state index contributed by atoms with van der Waals surface area (Å²) in [5, 5.41) is 0. The fourth-order valence-corrected chi connectivity index (χ4v) is 3.18. The number of aromatic nitrogens is 1. The third-order valence-electron chi connectivity index (χ3n) is 3.52. The van der Waals surface area contributed by atoms with Crippen LogP contribution >= 0.6 is 0 Å². The predicted octanol–water partition coefficient (Wildman–Crippen LogP) is 2.29. The van der Waals surface area contributed by atoms with Gasteiger partial charge in [-0.2, -0.15) is 21.6 Å². The number of halogens is 3. The fraction of sp³-hybridized carbons (Fsp3) is 0.615. The maximum atomic E-state index is 12.5. The zero-order valence-electron chi connectivity index (χ0n) is 12.2. The molecule has 2 atom stereocenters. The van der Waals surface area contributed by atoms with E-state index in [-0.39, 0.29) is 5.92 Å². The van der Waals surface area contributed by atoms with Gasteiger partial charge in [-0.15, -0.1) is 0 Å². The lowest BCUT2D eigenvalue weighted by Gasteiger charge is -2.36. The van der Waals surface area contributed by atoms with Gasteiger partial charge < -0.3 is 4.90 Å². The van der Waals surface area contributed by atoms with Crippen molar-refractivity contribution in [2.45, 2.75) is 25.6 Å². The number of nitrogens with zero attached hydrogens (tertiary/aromatic N) is 2. The number of hydrogen-bond acceptors (Lipinski definition) is 5. The Labute approximate surface area is 127 Å². The topological polar surface area (TPSA) is 59.5 Å². The van der Waals surface area contributed by atoms with Gasteiger partial charge >= 0.3 is 6.18 Å². The van der Waals surface area contributed by atoms with E-state index in [1.807, 2.05) is 11.8 Å². The number of piperidine rings is 1. The highest BCUT2D eigenvalue weighted by Crippen LogP contribution is 2.30. The maximum absolute atomic E-state index is 12.5. The van der Waals surface area contributed by atoms with Gasteiger partial charge in [-0.3, -0.25) is 4.18 Å². The molecule has 1 aliphatic rings. The third-order valence-corrected chi connectivity index (χ3v) is 4.12. The first kappa shape index (κ1) is 17.0. The SMILES string of the molecule is C[C@@H]1CN(c2ccc(C(F)(F)F)cn2)CC[C@@H]1OS(C)(=O)=O. The van der Waals surface area contributed by atoms with E-state index in [1.54, 1.807) is 0 Å². The second-order valence-electron chi connectivity index (χ2n) is 5.45. The Kier molecular flexibility index (Phi) is 4.67. The van der Waals surface area contributed by atoms with E-state index in [9.17, 15) is 21.6 Å². The van der Waals surface area contributed by atoms with Crippen LogP contribution in [0.2, 0.25) is 0 Å². The van der Waals surface area contributed by atoms with Crippen LogP contribution in [0.25, 0.3) is 0 Å². The van der Waals surface area contributed by atoms with E-state index < -0.39 is 28.0 Å². The van der Waals surface area contributed by atoms with E-state index in [4.69, 9.17) is 4.18 Å². The van der Waals surface area contributed by atoms with E-state index >= 15 is 0 Å². The molecule has 0 amide bonds. The van der Waals surface area contributed by atoms with Crippen LogP contribution in [0.15, 0.2) is 18.3 Å². The lowest BCUT2D eigenvalue weighted by Crippen LogP contribution is -2.44. The van der Waals surface area contributed by atoms with Crippen LogP contribution in [0.3, 0.4) is 0 Å². The van der Waals surface area contributed by atoms with E-state index in [0.717, 1.165) is 18.5 Å². The Bertz CT molecular complexity index is 616. The van der Waals surface area contributed by atoms with E-state index in [2.05, 4.69) is 4.98 Å². The molecule has 0 saturated carbocycles. The summed E-state index contributed by atoms with van der Waals surface area (Å²) in [6.45, 7) is 2.79. The molecule has 1 aromatic heterocycles. The van der Waals surface area contributed by atoms with Gasteiger partial charge in [-0.1, -0.05) is 6.92 Å². The first-order valence-corrected chi connectivity index (χ1v) is 8.54. The van der Waals surface area contributed by atoms with Crippen molar-refractivity contribution in [3.05, 3.63) is 23.9 Å². The van der Waals surface area contributed by atoms with Gasteiger partial charge in [0, 0.05) is 25.2 Å². The number of alkyl halides is 3. The van der Waals surface area contributed by atoms with Crippen molar-refractivity contribution in [2.24, 2.45) is 5.92 Å². The van der Waals surface area contributed by atoms with Gasteiger partial charge in [0.05, 0.1) is 17.9 Å². The van der Waals surface area contributed by atoms with Gasteiger partial charge in [-0.05, 0) is 18.6 Å². The normalized spacial score (nSPS) is 23.6. The Morgan fingerprint density at radius 1 is 1.36 bits per heavy atom.